The number of guanidine groups is 1. The van der Waals surface area contributed by atoms with Gasteiger partial charge in [-0.3, -0.25) is 4.99 Å². The molecule has 2 aromatic rings. The van der Waals surface area contributed by atoms with E-state index >= 15 is 0 Å². The number of nitrogens with one attached hydrogen (secondary N) is 2. The lowest BCUT2D eigenvalue weighted by Gasteiger charge is -2.18. The topological polar surface area (TPSA) is 39.7 Å². The third-order valence-corrected chi connectivity index (χ3v) is 5.03. The molecule has 148 valence electrons. The van der Waals surface area contributed by atoms with Crippen molar-refractivity contribution < 1.29 is 0 Å². The van der Waals surface area contributed by atoms with Crippen LogP contribution < -0.4 is 10.6 Å². The summed E-state index contributed by atoms with van der Waals surface area (Å²) in [5.41, 5.74) is 2.64. The highest BCUT2D eigenvalue weighted by molar-refractivity contribution is 14.0. The van der Waals surface area contributed by atoms with Gasteiger partial charge >= 0.3 is 0 Å². The number of thioether (sulfide) groups is 1. The third-order valence-electron chi connectivity index (χ3n) is 3.91. The van der Waals surface area contributed by atoms with Crippen LogP contribution in [0.5, 0.6) is 0 Å². The maximum atomic E-state index is 4.35. The minimum Gasteiger partial charge on any atom is -0.355 e. The van der Waals surface area contributed by atoms with Crippen molar-refractivity contribution in [3.63, 3.8) is 0 Å². The van der Waals surface area contributed by atoms with Crippen molar-refractivity contribution >= 4 is 41.7 Å². The molecule has 2 N–H and O–H groups in total. The summed E-state index contributed by atoms with van der Waals surface area (Å²) in [6.07, 6.45) is 0. The number of hydrogen-bond donors (Lipinski definition) is 2. The lowest BCUT2D eigenvalue weighted by Crippen LogP contribution is -2.39. The Morgan fingerprint density at radius 2 is 1.63 bits per heavy atom. The van der Waals surface area contributed by atoms with Crippen LogP contribution in [-0.4, -0.2) is 43.8 Å². The molecule has 0 heterocycles. The first-order chi connectivity index (χ1) is 12.6. The molecular weight excluding hydrogens is 467 g/mol. The second-order valence-corrected chi connectivity index (χ2v) is 8.07. The van der Waals surface area contributed by atoms with Gasteiger partial charge in [-0.25, -0.2) is 0 Å². The van der Waals surface area contributed by atoms with E-state index in [1.807, 2.05) is 24.9 Å². The van der Waals surface area contributed by atoms with Crippen LogP contribution in [0.2, 0.25) is 0 Å². The van der Waals surface area contributed by atoms with E-state index in [4.69, 9.17) is 0 Å². The summed E-state index contributed by atoms with van der Waals surface area (Å²) in [6.45, 7) is 4.79. The first-order valence-electron chi connectivity index (χ1n) is 8.96. The Morgan fingerprint density at radius 3 is 2.26 bits per heavy atom. The highest BCUT2D eigenvalue weighted by Crippen LogP contribution is 2.21. The monoisotopic (exact) mass is 498 g/mol. The maximum absolute atomic E-state index is 4.35. The SMILES string of the molecule is CN=C(NCc1ccccc1CN(C)C)NCC(C)Sc1ccccc1.I. The van der Waals surface area contributed by atoms with Crippen molar-refractivity contribution in [3.8, 4) is 0 Å². The predicted octanol–water partition coefficient (Wildman–Crippen LogP) is 4.21. The maximum Gasteiger partial charge on any atom is 0.191 e. The van der Waals surface area contributed by atoms with Gasteiger partial charge in [0.25, 0.3) is 0 Å². The molecule has 0 amide bonds. The molecule has 0 saturated carbocycles. The summed E-state index contributed by atoms with van der Waals surface area (Å²) in [7, 11) is 6.00. The average molecular weight is 498 g/mol. The van der Waals surface area contributed by atoms with Crippen molar-refractivity contribution in [3.05, 3.63) is 65.7 Å². The van der Waals surface area contributed by atoms with Gasteiger partial charge < -0.3 is 15.5 Å². The van der Waals surface area contributed by atoms with Gasteiger partial charge in [-0.2, -0.15) is 0 Å². The highest BCUT2D eigenvalue weighted by Gasteiger charge is 2.07. The zero-order valence-corrected chi connectivity index (χ0v) is 19.8. The fourth-order valence-electron chi connectivity index (χ4n) is 2.64. The second kappa shape index (κ2) is 13.0. The highest BCUT2D eigenvalue weighted by atomic mass is 127. The largest absolute Gasteiger partial charge is 0.355 e. The molecule has 2 rings (SSSR count). The molecule has 0 aliphatic rings. The first-order valence-corrected chi connectivity index (χ1v) is 9.84. The predicted molar refractivity (Wildman–Crippen MR) is 129 cm³/mol. The Bertz CT molecular complexity index is 692. The van der Waals surface area contributed by atoms with Crippen LogP contribution in [0.4, 0.5) is 0 Å². The molecule has 0 fully saturated rings. The number of benzene rings is 2. The van der Waals surface area contributed by atoms with Crippen LogP contribution in [0.3, 0.4) is 0 Å². The number of aliphatic imine (C=N–C) groups is 1. The quantitative estimate of drug-likeness (QED) is 0.248. The van der Waals surface area contributed by atoms with E-state index in [-0.39, 0.29) is 24.0 Å². The Hall–Kier alpha value is -1.25. The molecular formula is C21H31IN4S. The van der Waals surface area contributed by atoms with Crippen molar-refractivity contribution in [2.24, 2.45) is 4.99 Å². The molecule has 1 unspecified atom stereocenters. The molecule has 0 aliphatic heterocycles. The van der Waals surface area contributed by atoms with Crippen LogP contribution in [-0.2, 0) is 13.1 Å². The third kappa shape index (κ3) is 8.99. The van der Waals surface area contributed by atoms with Gasteiger partial charge in [-0.1, -0.05) is 49.4 Å². The van der Waals surface area contributed by atoms with Crippen molar-refractivity contribution in [1.29, 1.82) is 0 Å². The molecule has 0 radical (unpaired) electrons. The lowest BCUT2D eigenvalue weighted by atomic mass is 10.1. The van der Waals surface area contributed by atoms with Crippen LogP contribution in [0.1, 0.15) is 18.1 Å². The number of halogens is 1. The molecule has 0 aliphatic carbocycles. The van der Waals surface area contributed by atoms with Gasteiger partial charge in [0.15, 0.2) is 5.96 Å². The summed E-state index contributed by atoms with van der Waals surface area (Å²) in [5.74, 6) is 0.838. The summed E-state index contributed by atoms with van der Waals surface area (Å²) < 4.78 is 0. The molecule has 0 aromatic heterocycles. The minimum absolute atomic E-state index is 0. The Kier molecular flexibility index (Phi) is 11.5. The van der Waals surface area contributed by atoms with Crippen LogP contribution >= 0.6 is 35.7 Å². The van der Waals surface area contributed by atoms with Gasteiger partial charge in [-0.05, 0) is 37.4 Å². The molecule has 27 heavy (non-hydrogen) atoms. The van der Waals surface area contributed by atoms with Gasteiger partial charge in [0.2, 0.25) is 0 Å². The van der Waals surface area contributed by atoms with Gasteiger partial charge in [0.05, 0.1) is 0 Å². The van der Waals surface area contributed by atoms with E-state index < -0.39 is 0 Å². The molecule has 1 atom stereocenters. The lowest BCUT2D eigenvalue weighted by molar-refractivity contribution is 0.400. The van der Waals surface area contributed by atoms with Gasteiger partial charge in [0.1, 0.15) is 0 Å². The van der Waals surface area contributed by atoms with Crippen molar-refractivity contribution in [1.82, 2.24) is 15.5 Å². The number of rotatable bonds is 8. The van der Waals surface area contributed by atoms with Crippen LogP contribution in [0, 0.1) is 0 Å². The summed E-state index contributed by atoms with van der Waals surface area (Å²) in [4.78, 5) is 7.83. The zero-order valence-electron chi connectivity index (χ0n) is 16.6. The van der Waals surface area contributed by atoms with Crippen LogP contribution in [0.15, 0.2) is 64.5 Å². The molecule has 0 spiro atoms. The Balaban J connectivity index is 0.00000364. The summed E-state index contributed by atoms with van der Waals surface area (Å²) >= 11 is 1.87. The van der Waals surface area contributed by atoms with Gasteiger partial charge in [0, 0.05) is 36.8 Å². The molecule has 6 heteroatoms. The van der Waals surface area contributed by atoms with E-state index in [1.54, 1.807) is 0 Å². The molecule has 0 bridgehead atoms. The van der Waals surface area contributed by atoms with Crippen LogP contribution in [0.25, 0.3) is 0 Å². The normalized spacial score (nSPS) is 12.4. The Labute approximate surface area is 185 Å². The Morgan fingerprint density at radius 1 is 1.00 bits per heavy atom. The van der Waals surface area contributed by atoms with E-state index in [9.17, 15) is 0 Å². The number of nitrogens with zero attached hydrogens (tertiary/aromatic N) is 2. The summed E-state index contributed by atoms with van der Waals surface area (Å²) in [6, 6.07) is 19.0. The second-order valence-electron chi connectivity index (χ2n) is 6.55. The van der Waals surface area contributed by atoms with E-state index in [1.165, 1.54) is 16.0 Å². The molecule has 0 saturated heterocycles. The number of hydrogen-bond acceptors (Lipinski definition) is 3. The van der Waals surface area contributed by atoms with Crippen molar-refractivity contribution in [2.45, 2.75) is 30.2 Å². The zero-order chi connectivity index (χ0) is 18.8. The van der Waals surface area contributed by atoms with Crippen molar-refractivity contribution in [2.75, 3.05) is 27.7 Å². The van der Waals surface area contributed by atoms with Gasteiger partial charge in [-0.15, -0.1) is 35.7 Å². The smallest absolute Gasteiger partial charge is 0.191 e. The van der Waals surface area contributed by atoms with E-state index in [2.05, 4.69) is 90.1 Å². The minimum atomic E-state index is 0. The molecule has 4 nitrogen and oxygen atoms in total. The fraction of sp³-hybridized carbons (Fsp3) is 0.381. The summed E-state index contributed by atoms with van der Waals surface area (Å²) in [5, 5.41) is 7.31. The fourth-order valence-corrected chi connectivity index (χ4v) is 3.58. The van der Waals surface area contributed by atoms with E-state index in [0.717, 1.165) is 25.6 Å². The molecule has 2 aromatic carbocycles. The van der Waals surface area contributed by atoms with E-state index in [0.29, 0.717) is 5.25 Å². The first kappa shape index (κ1) is 23.8. The standard InChI is InChI=1S/C21H30N4S.HI/c1-17(26-20-12-6-5-7-13-20)14-23-21(22-2)24-15-18-10-8-9-11-19(18)16-25(3)4;/h5-13,17H,14-16H2,1-4H3,(H2,22,23,24);1H. The average Bonchev–Trinajstić information content (AvgIpc) is 2.63.